The molecule has 122 valence electrons. The van der Waals surface area contributed by atoms with E-state index in [-0.39, 0.29) is 31.1 Å². The van der Waals surface area contributed by atoms with Crippen LogP contribution in [-0.4, -0.2) is 23.4 Å². The van der Waals surface area contributed by atoms with E-state index in [0.717, 1.165) is 0 Å². The van der Waals surface area contributed by atoms with Crippen LogP contribution in [0.25, 0.3) is 0 Å². The quantitative estimate of drug-likeness (QED) is 0.733. The first-order chi connectivity index (χ1) is 11.1. The summed E-state index contributed by atoms with van der Waals surface area (Å²) >= 11 is 0. The number of Topliss-reactive ketones (excluding diaryl/α,β-unsaturated/α-hetero) is 1. The second kappa shape index (κ2) is 8.24. The third-order valence-corrected chi connectivity index (χ3v) is 3.38. The topological polar surface area (TPSA) is 79.5 Å². The van der Waals surface area contributed by atoms with Gasteiger partial charge < -0.3 is 14.8 Å². The van der Waals surface area contributed by atoms with Gasteiger partial charge in [0.15, 0.2) is 5.78 Å². The van der Waals surface area contributed by atoms with Crippen LogP contribution in [0.4, 0.5) is 4.39 Å². The van der Waals surface area contributed by atoms with Gasteiger partial charge in [-0.05, 0) is 42.8 Å². The lowest BCUT2D eigenvalue weighted by Gasteiger charge is -2.13. The highest BCUT2D eigenvalue weighted by Crippen LogP contribution is 2.13. The number of ketones is 1. The molecule has 0 aliphatic carbocycles. The van der Waals surface area contributed by atoms with Crippen LogP contribution in [0.1, 0.15) is 41.4 Å². The van der Waals surface area contributed by atoms with Gasteiger partial charge in [0, 0.05) is 18.4 Å². The highest BCUT2D eigenvalue weighted by Gasteiger charge is 2.16. The molecule has 1 aromatic carbocycles. The molecule has 0 fully saturated rings. The summed E-state index contributed by atoms with van der Waals surface area (Å²) in [5, 5.41) is 11.9. The van der Waals surface area contributed by atoms with Crippen molar-refractivity contribution in [3.8, 4) is 0 Å². The molecule has 0 saturated carbocycles. The molecule has 6 heteroatoms. The minimum absolute atomic E-state index is 0.137. The summed E-state index contributed by atoms with van der Waals surface area (Å²) in [5.41, 5.74) is 0.427. The summed E-state index contributed by atoms with van der Waals surface area (Å²) in [6.45, 7) is -0.270. The lowest BCUT2D eigenvalue weighted by Crippen LogP contribution is -2.30. The van der Waals surface area contributed by atoms with Crippen molar-refractivity contribution < 1.29 is 23.5 Å². The molecule has 1 atom stereocenters. The number of hydrogen-bond donors (Lipinski definition) is 2. The van der Waals surface area contributed by atoms with Gasteiger partial charge in [0.2, 0.25) is 5.91 Å². The number of furan rings is 1. The fraction of sp³-hybridized carbons (Fsp3) is 0.294. The Morgan fingerprint density at radius 3 is 2.52 bits per heavy atom. The third kappa shape index (κ3) is 5.03. The van der Waals surface area contributed by atoms with Gasteiger partial charge in [0.05, 0.1) is 12.9 Å². The number of benzene rings is 1. The number of carbonyl (C=O) groups is 2. The molecule has 0 aliphatic heterocycles. The molecule has 5 nitrogen and oxygen atoms in total. The van der Waals surface area contributed by atoms with E-state index in [9.17, 15) is 19.1 Å². The first-order valence-corrected chi connectivity index (χ1v) is 7.32. The molecule has 0 radical (unpaired) electrons. The van der Waals surface area contributed by atoms with Crippen LogP contribution in [0.3, 0.4) is 0 Å². The van der Waals surface area contributed by atoms with Crippen molar-refractivity contribution in [1.29, 1.82) is 0 Å². The molecule has 0 aliphatic rings. The Bertz CT molecular complexity index is 637. The second-order valence-electron chi connectivity index (χ2n) is 5.10. The van der Waals surface area contributed by atoms with Crippen LogP contribution < -0.4 is 5.32 Å². The van der Waals surface area contributed by atoms with Crippen LogP contribution >= 0.6 is 0 Å². The fourth-order valence-corrected chi connectivity index (χ4v) is 2.15. The average Bonchev–Trinajstić information content (AvgIpc) is 3.07. The number of aliphatic hydroxyl groups is 1. The van der Waals surface area contributed by atoms with Crippen molar-refractivity contribution in [3.05, 3.63) is 59.8 Å². The van der Waals surface area contributed by atoms with E-state index < -0.39 is 11.9 Å². The smallest absolute Gasteiger partial charge is 0.220 e. The second-order valence-corrected chi connectivity index (χ2v) is 5.10. The lowest BCUT2D eigenvalue weighted by atomic mass is 10.1. The predicted octanol–water partition coefficient (Wildman–Crippen LogP) is 2.62. The molecule has 2 N–H and O–H groups in total. The van der Waals surface area contributed by atoms with E-state index in [0.29, 0.717) is 17.7 Å². The van der Waals surface area contributed by atoms with Crippen molar-refractivity contribution in [3.63, 3.8) is 0 Å². The summed E-state index contributed by atoms with van der Waals surface area (Å²) in [7, 11) is 0. The van der Waals surface area contributed by atoms with E-state index in [1.54, 1.807) is 12.1 Å². The van der Waals surface area contributed by atoms with E-state index in [4.69, 9.17) is 4.42 Å². The Hall–Kier alpha value is -2.47. The van der Waals surface area contributed by atoms with Crippen LogP contribution in [0, 0.1) is 5.82 Å². The Morgan fingerprint density at radius 2 is 1.91 bits per heavy atom. The Kier molecular flexibility index (Phi) is 6.05. The molecule has 1 heterocycles. The molecule has 2 rings (SSSR count). The van der Waals surface area contributed by atoms with Crippen LogP contribution in [-0.2, 0) is 4.79 Å². The first-order valence-electron chi connectivity index (χ1n) is 7.32. The number of amides is 1. The lowest BCUT2D eigenvalue weighted by molar-refractivity contribution is -0.122. The molecular weight excluding hydrogens is 301 g/mol. The van der Waals surface area contributed by atoms with Gasteiger partial charge >= 0.3 is 0 Å². The molecule has 0 spiro atoms. The SMILES string of the molecule is O=C(CCCC(=O)c1ccc(F)cc1)NC(CO)c1ccco1. The normalized spacial score (nSPS) is 11.9. The summed E-state index contributed by atoms with van der Waals surface area (Å²) < 4.78 is 17.9. The van der Waals surface area contributed by atoms with Gasteiger partial charge in [-0.3, -0.25) is 9.59 Å². The largest absolute Gasteiger partial charge is 0.467 e. The van der Waals surface area contributed by atoms with Crippen molar-refractivity contribution in [1.82, 2.24) is 5.32 Å². The van der Waals surface area contributed by atoms with Crippen molar-refractivity contribution >= 4 is 11.7 Å². The number of rotatable bonds is 8. The maximum Gasteiger partial charge on any atom is 0.220 e. The Morgan fingerprint density at radius 1 is 1.17 bits per heavy atom. The maximum absolute atomic E-state index is 12.8. The summed E-state index contributed by atoms with van der Waals surface area (Å²) in [6, 6.07) is 8.06. The van der Waals surface area contributed by atoms with Gasteiger partial charge in [-0.2, -0.15) is 0 Å². The van der Waals surface area contributed by atoms with Crippen LogP contribution in [0.2, 0.25) is 0 Å². The van der Waals surface area contributed by atoms with E-state index in [1.165, 1.54) is 30.5 Å². The number of aliphatic hydroxyl groups excluding tert-OH is 1. The molecule has 1 unspecified atom stereocenters. The summed E-state index contributed by atoms with van der Waals surface area (Å²) in [5.74, 6) is -0.327. The van der Waals surface area contributed by atoms with Gasteiger partial charge in [0.1, 0.15) is 17.6 Å². The van der Waals surface area contributed by atoms with Gasteiger partial charge in [-0.1, -0.05) is 0 Å². The zero-order chi connectivity index (χ0) is 16.7. The number of hydrogen-bond acceptors (Lipinski definition) is 4. The van der Waals surface area contributed by atoms with Crippen molar-refractivity contribution in [2.75, 3.05) is 6.61 Å². The highest BCUT2D eigenvalue weighted by atomic mass is 19.1. The predicted molar refractivity (Wildman–Crippen MR) is 81.3 cm³/mol. The Labute approximate surface area is 133 Å². The summed E-state index contributed by atoms with van der Waals surface area (Å²) in [6.07, 6.45) is 2.19. The number of nitrogens with one attached hydrogen (secondary N) is 1. The number of carbonyl (C=O) groups excluding carboxylic acids is 2. The molecular formula is C17H18FNO4. The van der Waals surface area contributed by atoms with Crippen molar-refractivity contribution in [2.24, 2.45) is 0 Å². The standard InChI is InChI=1S/C17H18FNO4/c18-13-8-6-12(7-9-13)15(21)3-1-5-17(22)19-14(11-20)16-4-2-10-23-16/h2,4,6-10,14,20H,1,3,5,11H2,(H,19,22). The van der Waals surface area contributed by atoms with Gasteiger partial charge in [-0.15, -0.1) is 0 Å². The van der Waals surface area contributed by atoms with E-state index in [2.05, 4.69) is 5.32 Å². The third-order valence-electron chi connectivity index (χ3n) is 3.38. The zero-order valence-corrected chi connectivity index (χ0v) is 12.5. The minimum Gasteiger partial charge on any atom is -0.467 e. The van der Waals surface area contributed by atoms with E-state index in [1.807, 2.05) is 0 Å². The molecule has 1 amide bonds. The molecule has 0 bridgehead atoms. The zero-order valence-electron chi connectivity index (χ0n) is 12.5. The van der Waals surface area contributed by atoms with Crippen LogP contribution in [0.5, 0.6) is 0 Å². The average molecular weight is 319 g/mol. The van der Waals surface area contributed by atoms with Crippen molar-refractivity contribution in [2.45, 2.75) is 25.3 Å². The maximum atomic E-state index is 12.8. The van der Waals surface area contributed by atoms with E-state index >= 15 is 0 Å². The fourth-order valence-electron chi connectivity index (χ4n) is 2.15. The van der Waals surface area contributed by atoms with Gasteiger partial charge in [0.25, 0.3) is 0 Å². The highest BCUT2D eigenvalue weighted by molar-refractivity contribution is 5.96. The van der Waals surface area contributed by atoms with Crippen LogP contribution in [0.15, 0.2) is 47.1 Å². The molecule has 0 saturated heterocycles. The van der Waals surface area contributed by atoms with Gasteiger partial charge in [-0.25, -0.2) is 4.39 Å². The molecule has 2 aromatic rings. The molecule has 1 aromatic heterocycles. The molecule has 23 heavy (non-hydrogen) atoms. The minimum atomic E-state index is -0.592. The summed E-state index contributed by atoms with van der Waals surface area (Å²) in [4.78, 5) is 23.7. The first kappa shape index (κ1) is 16.9. The monoisotopic (exact) mass is 319 g/mol. The Balaban J connectivity index is 1.76. The number of halogens is 1.